The molecule has 0 aliphatic carbocycles. The van der Waals surface area contributed by atoms with Crippen molar-refractivity contribution in [2.45, 2.75) is 43.7 Å². The molecule has 1 aliphatic heterocycles. The number of amides is 4. The monoisotopic (exact) mass is 590 g/mol. The van der Waals surface area contributed by atoms with Crippen LogP contribution in [-0.2, 0) is 19.4 Å². The molecule has 4 aromatic carbocycles. The van der Waals surface area contributed by atoms with Crippen LogP contribution in [0.25, 0.3) is 11.0 Å². The number of para-hydroxylation sites is 2. The van der Waals surface area contributed by atoms with Crippen molar-refractivity contribution in [3.63, 3.8) is 0 Å². The summed E-state index contributed by atoms with van der Waals surface area (Å²) in [4.78, 5) is 38.7. The van der Waals surface area contributed by atoms with E-state index >= 15 is 0 Å². The number of hydrogen-bond donors (Lipinski definition) is 5. The van der Waals surface area contributed by atoms with Crippen molar-refractivity contribution in [3.8, 4) is 0 Å². The van der Waals surface area contributed by atoms with Crippen molar-refractivity contribution in [1.29, 1.82) is 0 Å². The van der Waals surface area contributed by atoms with E-state index < -0.39 is 36.4 Å². The number of benzene rings is 4. The smallest absolute Gasteiger partial charge is 0.332 e. The summed E-state index contributed by atoms with van der Waals surface area (Å²) in [5.41, 5.74) is 10.3. The highest BCUT2D eigenvalue weighted by Crippen LogP contribution is 2.30. The Kier molecular flexibility index (Phi) is 8.27. The second-order valence-electron chi connectivity index (χ2n) is 11.1. The van der Waals surface area contributed by atoms with Gasteiger partial charge in [-0.15, -0.1) is 0 Å². The van der Waals surface area contributed by atoms with Crippen LogP contribution in [0, 0.1) is 0 Å². The molecule has 6 N–H and O–H groups in total. The number of nitrogens with zero attached hydrogens (tertiary/aromatic N) is 3. The van der Waals surface area contributed by atoms with Gasteiger partial charge in [-0.1, -0.05) is 84.9 Å². The third-order valence-electron chi connectivity index (χ3n) is 8.03. The van der Waals surface area contributed by atoms with E-state index in [-0.39, 0.29) is 25.3 Å². The number of rotatable bonds is 7. The Morgan fingerprint density at radius 1 is 0.795 bits per heavy atom. The lowest BCUT2D eigenvalue weighted by molar-refractivity contribution is -0.0368. The van der Waals surface area contributed by atoms with E-state index in [1.165, 1.54) is 4.90 Å². The van der Waals surface area contributed by atoms with Crippen LogP contribution in [0.1, 0.15) is 16.7 Å². The Bertz CT molecular complexity index is 1710. The van der Waals surface area contributed by atoms with E-state index in [0.29, 0.717) is 16.7 Å². The highest BCUT2D eigenvalue weighted by Gasteiger charge is 2.48. The minimum atomic E-state index is -1.46. The van der Waals surface area contributed by atoms with Crippen molar-refractivity contribution in [1.82, 2.24) is 19.8 Å². The van der Waals surface area contributed by atoms with Crippen LogP contribution >= 0.6 is 0 Å². The molecule has 10 nitrogen and oxygen atoms in total. The fourth-order valence-corrected chi connectivity index (χ4v) is 5.85. The number of imidazole rings is 1. The first-order valence-corrected chi connectivity index (χ1v) is 14.5. The van der Waals surface area contributed by atoms with Gasteiger partial charge < -0.3 is 25.8 Å². The average molecular weight is 591 g/mol. The number of aliphatic hydroxyl groups is 2. The molecular weight excluding hydrogens is 556 g/mol. The van der Waals surface area contributed by atoms with Gasteiger partial charge in [-0.05, 0) is 53.8 Å². The fourth-order valence-electron chi connectivity index (χ4n) is 5.85. The van der Waals surface area contributed by atoms with E-state index in [9.17, 15) is 19.8 Å². The predicted octanol–water partition coefficient (Wildman–Crippen LogP) is 4.56. The molecule has 10 heteroatoms. The molecule has 4 unspecified atom stereocenters. The quantitative estimate of drug-likeness (QED) is 0.176. The lowest BCUT2D eigenvalue weighted by atomic mass is 9.91. The first-order chi connectivity index (χ1) is 21.4. The SMILES string of the molecule is Nc1cccc(CN2C(=O)N(C(=O)Nc3nc4ccccc4[nH]3)C(Cc3ccccc3)C(O)C(O)C2Cc2ccccc2)c1. The number of aromatic amines is 1. The number of carbonyl (C=O) groups excluding carboxylic acids is 2. The predicted molar refractivity (Wildman–Crippen MR) is 169 cm³/mol. The number of aromatic nitrogens is 2. The molecule has 1 saturated heterocycles. The Hall–Kier alpha value is -5.19. The van der Waals surface area contributed by atoms with Gasteiger partial charge in [0.05, 0.1) is 23.1 Å². The highest BCUT2D eigenvalue weighted by molar-refractivity contribution is 6.01. The summed E-state index contributed by atoms with van der Waals surface area (Å²) in [6, 6.07) is 29.8. The van der Waals surface area contributed by atoms with E-state index in [1.54, 1.807) is 24.3 Å². The largest absolute Gasteiger partial charge is 0.399 e. The highest BCUT2D eigenvalue weighted by atomic mass is 16.3. The molecule has 224 valence electrons. The van der Waals surface area contributed by atoms with Gasteiger partial charge in [0.2, 0.25) is 5.95 Å². The summed E-state index contributed by atoms with van der Waals surface area (Å²) < 4.78 is 0. The van der Waals surface area contributed by atoms with Crippen molar-refractivity contribution < 1.29 is 19.8 Å². The molecule has 0 bridgehead atoms. The zero-order chi connectivity index (χ0) is 30.6. The summed E-state index contributed by atoms with van der Waals surface area (Å²) in [5, 5.41) is 26.3. The Morgan fingerprint density at radius 2 is 1.39 bits per heavy atom. The zero-order valence-corrected chi connectivity index (χ0v) is 24.0. The van der Waals surface area contributed by atoms with Gasteiger partial charge >= 0.3 is 12.1 Å². The van der Waals surface area contributed by atoms with Gasteiger partial charge in [-0.25, -0.2) is 19.5 Å². The lowest BCUT2D eigenvalue weighted by Gasteiger charge is -2.34. The number of aliphatic hydroxyl groups excluding tert-OH is 2. The summed E-state index contributed by atoms with van der Waals surface area (Å²) in [7, 11) is 0. The number of nitrogen functional groups attached to an aromatic ring is 1. The van der Waals surface area contributed by atoms with E-state index in [2.05, 4.69) is 15.3 Å². The third kappa shape index (κ3) is 6.12. The number of imide groups is 1. The molecule has 5 aromatic rings. The number of nitrogens with one attached hydrogen (secondary N) is 2. The van der Waals surface area contributed by atoms with Gasteiger partial charge in [0.1, 0.15) is 12.2 Å². The number of hydrogen-bond acceptors (Lipinski definition) is 6. The molecule has 0 spiro atoms. The van der Waals surface area contributed by atoms with Gasteiger partial charge in [0, 0.05) is 12.2 Å². The van der Waals surface area contributed by atoms with Crippen LogP contribution in [0.5, 0.6) is 0 Å². The van der Waals surface area contributed by atoms with Crippen LogP contribution < -0.4 is 11.1 Å². The standard InChI is InChI=1S/C34H34N6O4/c35-25-15-9-14-24(18-25)21-39-28(19-22-10-3-1-4-11-22)30(41)31(42)29(20-23-12-5-2-6-13-23)40(34(39)44)33(43)38-32-36-26-16-7-8-17-27(26)37-32/h1-18,28-31,41-42H,19-21,35H2,(H2,36,37,38,43). The van der Waals surface area contributed by atoms with Crippen LogP contribution in [0.15, 0.2) is 109 Å². The van der Waals surface area contributed by atoms with Crippen LogP contribution in [0.3, 0.4) is 0 Å². The molecule has 4 atom stereocenters. The average Bonchev–Trinajstić information content (AvgIpc) is 3.42. The zero-order valence-electron chi connectivity index (χ0n) is 24.0. The molecular formula is C34H34N6O4. The maximum atomic E-state index is 14.6. The number of anilines is 2. The molecule has 1 aliphatic rings. The maximum Gasteiger partial charge on any atom is 0.332 e. The summed E-state index contributed by atoms with van der Waals surface area (Å²) >= 11 is 0. The van der Waals surface area contributed by atoms with E-state index in [1.807, 2.05) is 84.9 Å². The van der Waals surface area contributed by atoms with E-state index in [0.717, 1.165) is 21.6 Å². The van der Waals surface area contributed by atoms with Crippen molar-refractivity contribution >= 4 is 34.7 Å². The summed E-state index contributed by atoms with van der Waals surface area (Å²) in [6.07, 6.45) is -2.45. The van der Waals surface area contributed by atoms with Gasteiger partial charge in [0.25, 0.3) is 0 Å². The fraction of sp³-hybridized carbons (Fsp3) is 0.206. The molecule has 0 saturated carbocycles. The summed E-state index contributed by atoms with van der Waals surface area (Å²) in [6.45, 7) is 0.0532. The van der Waals surface area contributed by atoms with Crippen LogP contribution in [0.2, 0.25) is 0 Å². The van der Waals surface area contributed by atoms with Crippen molar-refractivity contribution in [3.05, 3.63) is 126 Å². The van der Waals surface area contributed by atoms with Gasteiger partial charge in [0.15, 0.2) is 0 Å². The van der Waals surface area contributed by atoms with E-state index in [4.69, 9.17) is 5.73 Å². The molecule has 0 radical (unpaired) electrons. The number of fused-ring (bicyclic) bond motifs is 1. The number of nitrogens with two attached hydrogens (primary N) is 1. The van der Waals surface area contributed by atoms with Crippen LogP contribution in [-0.4, -0.2) is 66.3 Å². The van der Waals surface area contributed by atoms with Crippen molar-refractivity contribution in [2.24, 2.45) is 0 Å². The molecule has 1 aromatic heterocycles. The Balaban J connectivity index is 1.42. The lowest BCUT2D eigenvalue weighted by Crippen LogP contribution is -2.55. The summed E-state index contributed by atoms with van der Waals surface area (Å²) in [5.74, 6) is 0.157. The Labute approximate surface area is 254 Å². The normalized spacial score (nSPS) is 20.5. The topological polar surface area (TPSA) is 148 Å². The molecule has 4 amide bonds. The maximum absolute atomic E-state index is 14.6. The number of H-pyrrole nitrogens is 1. The van der Waals surface area contributed by atoms with Gasteiger partial charge in [-0.2, -0.15) is 0 Å². The van der Waals surface area contributed by atoms with Crippen molar-refractivity contribution in [2.75, 3.05) is 11.1 Å². The second-order valence-corrected chi connectivity index (χ2v) is 11.1. The second kappa shape index (κ2) is 12.6. The molecule has 2 heterocycles. The third-order valence-corrected chi connectivity index (χ3v) is 8.03. The van der Waals surface area contributed by atoms with Gasteiger partial charge in [-0.3, -0.25) is 5.32 Å². The number of urea groups is 2. The minimum Gasteiger partial charge on any atom is -0.399 e. The molecule has 6 rings (SSSR count). The minimum absolute atomic E-state index is 0.0532. The molecule has 44 heavy (non-hydrogen) atoms. The first kappa shape index (κ1) is 28.9. The first-order valence-electron chi connectivity index (χ1n) is 14.5. The van der Waals surface area contributed by atoms with Crippen LogP contribution in [0.4, 0.5) is 21.2 Å². The Morgan fingerprint density at radius 3 is 2.05 bits per heavy atom. The molecule has 1 fully saturated rings. The number of carbonyl (C=O) groups is 2.